The zero-order chi connectivity index (χ0) is 30.2. The largest absolute Gasteiger partial charge is 0.383 e. The third-order valence-electron chi connectivity index (χ3n) is 7.67. The van der Waals surface area contributed by atoms with Gasteiger partial charge in [-0.05, 0) is 42.5 Å². The number of hydrogen-bond acceptors (Lipinski definition) is 6. The second-order valence-corrected chi connectivity index (χ2v) is 10.6. The molecule has 220 valence electrons. The summed E-state index contributed by atoms with van der Waals surface area (Å²) < 4.78 is 53.2. The topological polar surface area (TPSA) is 117 Å². The summed E-state index contributed by atoms with van der Waals surface area (Å²) in [5.74, 6) is -2.78. The Hall–Kier alpha value is -4.97. The molecule has 12 heteroatoms. The van der Waals surface area contributed by atoms with Crippen molar-refractivity contribution in [3.63, 3.8) is 0 Å². The maximum atomic E-state index is 15.4. The van der Waals surface area contributed by atoms with Gasteiger partial charge in [0.2, 0.25) is 5.43 Å². The van der Waals surface area contributed by atoms with Gasteiger partial charge in [0.05, 0.1) is 11.1 Å². The highest BCUT2D eigenvalue weighted by molar-refractivity contribution is 6.05. The van der Waals surface area contributed by atoms with Crippen LogP contribution in [-0.4, -0.2) is 38.2 Å². The molecule has 3 aromatic heterocycles. The van der Waals surface area contributed by atoms with Gasteiger partial charge in [0.25, 0.3) is 5.91 Å². The standard InChI is InChI=1S/C31H27F3N6O3/c1-39-13-22(27-29(35)36-16-37-30(27)39)20-10-25(34)26(11-24(20)33)38-31(42)23-15-40(12-17-6-8-43-9-7-17)14-21(28(23)41)18-2-4-19(32)5-3-18/h2-5,10-11,13-17H,6-9,12H2,1H3,(H,38,42)(H2,35,36,37). The van der Waals surface area contributed by atoms with E-state index in [2.05, 4.69) is 15.3 Å². The van der Waals surface area contributed by atoms with E-state index in [0.29, 0.717) is 36.4 Å². The van der Waals surface area contributed by atoms with Gasteiger partial charge in [0, 0.05) is 68.2 Å². The summed E-state index contributed by atoms with van der Waals surface area (Å²) in [5.41, 5.74) is 5.89. The van der Waals surface area contributed by atoms with Crippen molar-refractivity contribution in [2.45, 2.75) is 19.4 Å². The fraction of sp³-hybridized carbons (Fsp3) is 0.226. The molecule has 1 amide bonds. The molecule has 1 saturated heterocycles. The van der Waals surface area contributed by atoms with Crippen molar-refractivity contribution in [3.05, 3.63) is 94.6 Å². The molecule has 1 aliphatic rings. The van der Waals surface area contributed by atoms with Crippen LogP contribution in [0.3, 0.4) is 0 Å². The van der Waals surface area contributed by atoms with Gasteiger partial charge in [-0.1, -0.05) is 12.1 Å². The number of fused-ring (bicyclic) bond motifs is 1. The number of aromatic nitrogens is 4. The number of aryl methyl sites for hydroxylation is 1. The number of amides is 1. The molecule has 0 bridgehead atoms. The summed E-state index contributed by atoms with van der Waals surface area (Å²) in [4.78, 5) is 35.0. The van der Waals surface area contributed by atoms with Crippen LogP contribution in [0.2, 0.25) is 0 Å². The number of rotatable bonds is 6. The fourth-order valence-electron chi connectivity index (χ4n) is 5.44. The zero-order valence-corrected chi connectivity index (χ0v) is 23.1. The Bertz CT molecular complexity index is 1910. The zero-order valence-electron chi connectivity index (χ0n) is 23.1. The van der Waals surface area contributed by atoms with Gasteiger partial charge >= 0.3 is 0 Å². The Balaban J connectivity index is 1.36. The first-order valence-corrected chi connectivity index (χ1v) is 13.6. The van der Waals surface area contributed by atoms with Crippen molar-refractivity contribution in [1.82, 2.24) is 19.1 Å². The second-order valence-electron chi connectivity index (χ2n) is 10.6. The van der Waals surface area contributed by atoms with Gasteiger partial charge in [0.1, 0.15) is 40.8 Å². The normalized spacial score (nSPS) is 13.9. The number of carbonyl (C=O) groups is 1. The van der Waals surface area contributed by atoms with Gasteiger partial charge in [-0.2, -0.15) is 0 Å². The van der Waals surface area contributed by atoms with Crippen LogP contribution in [0.15, 0.2) is 66.1 Å². The number of nitrogens with two attached hydrogens (primary N) is 1. The van der Waals surface area contributed by atoms with Crippen LogP contribution in [-0.2, 0) is 18.3 Å². The van der Waals surface area contributed by atoms with E-state index in [4.69, 9.17) is 10.5 Å². The van der Waals surface area contributed by atoms with Gasteiger partial charge in [0.15, 0.2) is 0 Å². The molecule has 5 aromatic rings. The Morgan fingerprint density at radius 3 is 2.49 bits per heavy atom. The molecule has 0 spiro atoms. The Kier molecular flexibility index (Phi) is 7.45. The smallest absolute Gasteiger partial charge is 0.261 e. The Morgan fingerprint density at radius 1 is 1.00 bits per heavy atom. The van der Waals surface area contributed by atoms with Crippen LogP contribution in [0.5, 0.6) is 0 Å². The number of nitrogens with zero attached hydrogens (tertiary/aromatic N) is 4. The van der Waals surface area contributed by atoms with Crippen molar-refractivity contribution in [2.75, 3.05) is 24.3 Å². The predicted molar refractivity (Wildman–Crippen MR) is 156 cm³/mol. The highest BCUT2D eigenvalue weighted by atomic mass is 19.1. The van der Waals surface area contributed by atoms with Gasteiger partial charge in [-0.25, -0.2) is 23.1 Å². The number of carbonyl (C=O) groups excluding carboxylic acids is 1. The number of anilines is 2. The van der Waals surface area contributed by atoms with Gasteiger partial charge in [-0.15, -0.1) is 0 Å². The minimum absolute atomic E-state index is 0.0975. The van der Waals surface area contributed by atoms with Crippen LogP contribution in [0.25, 0.3) is 33.3 Å². The number of halogens is 3. The molecule has 0 aliphatic carbocycles. The van der Waals surface area contributed by atoms with Crippen molar-refractivity contribution in [3.8, 4) is 22.3 Å². The number of nitrogens with one attached hydrogen (secondary N) is 1. The molecule has 0 unspecified atom stereocenters. The number of nitrogen functional groups attached to an aromatic ring is 1. The molecule has 0 saturated carbocycles. The summed E-state index contributed by atoms with van der Waals surface area (Å²) in [6, 6.07) is 7.15. The van der Waals surface area contributed by atoms with Crippen LogP contribution < -0.4 is 16.5 Å². The first-order chi connectivity index (χ1) is 20.7. The van der Waals surface area contributed by atoms with Crippen molar-refractivity contribution in [2.24, 2.45) is 13.0 Å². The molecule has 3 N–H and O–H groups in total. The predicted octanol–water partition coefficient (Wildman–Crippen LogP) is 5.14. The number of benzene rings is 2. The quantitative estimate of drug-likeness (QED) is 0.284. The molecule has 1 fully saturated rings. The lowest BCUT2D eigenvalue weighted by molar-refractivity contribution is 0.0612. The molecule has 6 rings (SSSR count). The third-order valence-corrected chi connectivity index (χ3v) is 7.67. The van der Waals surface area contributed by atoms with Crippen molar-refractivity contribution < 1.29 is 22.7 Å². The van der Waals surface area contributed by atoms with E-state index in [9.17, 15) is 14.0 Å². The van der Waals surface area contributed by atoms with Crippen LogP contribution >= 0.6 is 0 Å². The molecule has 2 aromatic carbocycles. The lowest BCUT2D eigenvalue weighted by Gasteiger charge is -2.23. The Labute approximate surface area is 243 Å². The number of hydrogen-bond donors (Lipinski definition) is 2. The minimum Gasteiger partial charge on any atom is -0.383 e. The van der Waals surface area contributed by atoms with Crippen LogP contribution in [0, 0.1) is 23.4 Å². The lowest BCUT2D eigenvalue weighted by atomic mass is 9.99. The lowest BCUT2D eigenvalue weighted by Crippen LogP contribution is -2.27. The number of pyridine rings is 1. The van der Waals surface area contributed by atoms with E-state index >= 15 is 8.78 Å². The summed E-state index contributed by atoms with van der Waals surface area (Å²) in [7, 11) is 1.69. The van der Waals surface area contributed by atoms with Crippen molar-refractivity contribution in [1.29, 1.82) is 0 Å². The molecule has 0 atom stereocenters. The molecule has 43 heavy (non-hydrogen) atoms. The van der Waals surface area contributed by atoms with Crippen LogP contribution in [0.4, 0.5) is 24.7 Å². The molecule has 4 heterocycles. The summed E-state index contributed by atoms with van der Waals surface area (Å²) in [6.07, 6.45) is 7.49. The van der Waals surface area contributed by atoms with Gasteiger partial charge in [-0.3, -0.25) is 9.59 Å². The SMILES string of the molecule is Cn1cc(-c2cc(F)c(NC(=O)c3cn(CC4CCOCC4)cc(-c4ccc(F)cc4)c3=O)cc2F)c2c(N)ncnc21. The molecular weight excluding hydrogens is 561 g/mol. The van der Waals surface area contributed by atoms with E-state index in [1.54, 1.807) is 28.6 Å². The highest BCUT2D eigenvalue weighted by Gasteiger charge is 2.23. The summed E-state index contributed by atoms with van der Waals surface area (Å²) >= 11 is 0. The number of ether oxygens (including phenoxy) is 1. The molecule has 1 aliphatic heterocycles. The van der Waals surface area contributed by atoms with E-state index < -0.39 is 34.5 Å². The maximum Gasteiger partial charge on any atom is 0.261 e. The van der Waals surface area contributed by atoms with E-state index in [1.165, 1.54) is 36.8 Å². The monoisotopic (exact) mass is 588 g/mol. The first-order valence-electron chi connectivity index (χ1n) is 13.6. The molecule has 0 radical (unpaired) electrons. The van der Waals surface area contributed by atoms with Crippen molar-refractivity contribution >= 4 is 28.4 Å². The second kappa shape index (κ2) is 11.4. The third kappa shape index (κ3) is 5.48. The van der Waals surface area contributed by atoms with Crippen LogP contribution in [0.1, 0.15) is 23.2 Å². The van der Waals surface area contributed by atoms with E-state index in [0.717, 1.165) is 25.0 Å². The Morgan fingerprint density at radius 2 is 1.74 bits per heavy atom. The fourth-order valence-corrected chi connectivity index (χ4v) is 5.44. The highest BCUT2D eigenvalue weighted by Crippen LogP contribution is 2.35. The maximum absolute atomic E-state index is 15.4. The molecular formula is C31H27F3N6O3. The van der Waals surface area contributed by atoms with Gasteiger partial charge < -0.3 is 24.9 Å². The van der Waals surface area contributed by atoms with E-state index in [-0.39, 0.29) is 34.0 Å². The average molecular weight is 589 g/mol. The first kappa shape index (κ1) is 28.2. The average Bonchev–Trinajstić information content (AvgIpc) is 3.33. The summed E-state index contributed by atoms with van der Waals surface area (Å²) in [6.45, 7) is 1.73. The van der Waals surface area contributed by atoms with E-state index in [1.807, 2.05) is 0 Å². The minimum atomic E-state index is -0.922. The summed E-state index contributed by atoms with van der Waals surface area (Å²) in [5, 5.41) is 2.72. The molecule has 9 nitrogen and oxygen atoms in total.